The number of aromatic nitrogens is 5. The van der Waals surface area contributed by atoms with Crippen molar-refractivity contribution in [3.05, 3.63) is 140 Å². The van der Waals surface area contributed by atoms with Crippen LogP contribution in [0.25, 0.3) is 11.4 Å². The van der Waals surface area contributed by atoms with Crippen molar-refractivity contribution < 1.29 is 18.3 Å². The molecule has 6 aromatic rings. The van der Waals surface area contributed by atoms with Gasteiger partial charge in [0.2, 0.25) is 0 Å². The summed E-state index contributed by atoms with van der Waals surface area (Å²) >= 11 is 0. The van der Waals surface area contributed by atoms with Crippen molar-refractivity contribution >= 4 is 11.4 Å². The maximum atomic E-state index is 13.7. The molecule has 0 bridgehead atoms. The predicted octanol–water partition coefficient (Wildman–Crippen LogP) is 6.35. The van der Waals surface area contributed by atoms with Crippen LogP contribution in [0.2, 0.25) is 0 Å². The number of anilines is 2. The average Bonchev–Trinajstić information content (AvgIpc) is 3.99. The number of ether oxygens (including phenoxy) is 2. The van der Waals surface area contributed by atoms with E-state index >= 15 is 0 Å². The van der Waals surface area contributed by atoms with Crippen molar-refractivity contribution in [1.82, 2.24) is 34.1 Å². The predicted molar refractivity (Wildman–Crippen MR) is 213 cm³/mol. The van der Waals surface area contributed by atoms with Gasteiger partial charge < -0.3 is 23.8 Å². The molecule has 0 radical (unpaired) electrons. The van der Waals surface area contributed by atoms with Crippen molar-refractivity contribution in [3.63, 3.8) is 0 Å². The molecule has 4 heterocycles. The zero-order chi connectivity index (χ0) is 38.1. The van der Waals surface area contributed by atoms with E-state index in [0.29, 0.717) is 6.61 Å². The lowest BCUT2D eigenvalue weighted by Gasteiger charge is -2.43. The third-order valence-electron chi connectivity index (χ3n) is 10.8. The summed E-state index contributed by atoms with van der Waals surface area (Å²) in [4.78, 5) is 18.0. The van der Waals surface area contributed by atoms with Crippen molar-refractivity contribution in [2.24, 2.45) is 0 Å². The molecule has 8 rings (SSSR count). The lowest BCUT2D eigenvalue weighted by Crippen LogP contribution is -2.56. The first-order valence-electron chi connectivity index (χ1n) is 19.3. The highest BCUT2D eigenvalue weighted by Gasteiger charge is 2.33. The molecule has 0 aliphatic carbocycles. The van der Waals surface area contributed by atoms with E-state index < -0.39 is 0 Å². The Balaban J connectivity index is 0.991. The Labute approximate surface area is 326 Å². The highest BCUT2D eigenvalue weighted by Crippen LogP contribution is 2.26. The van der Waals surface area contributed by atoms with E-state index in [0.717, 1.165) is 106 Å². The summed E-state index contributed by atoms with van der Waals surface area (Å²) < 4.78 is 44.4. The smallest absolute Gasteiger partial charge is 0.138 e. The van der Waals surface area contributed by atoms with E-state index in [4.69, 9.17) is 9.47 Å². The van der Waals surface area contributed by atoms with Crippen LogP contribution in [0.5, 0.6) is 11.5 Å². The van der Waals surface area contributed by atoms with Crippen LogP contribution in [0.1, 0.15) is 12.8 Å². The lowest BCUT2D eigenvalue weighted by atomic mass is 10.0. The fourth-order valence-electron chi connectivity index (χ4n) is 7.71. The van der Waals surface area contributed by atoms with Gasteiger partial charge in [-0.25, -0.2) is 23.4 Å². The Bertz CT molecular complexity index is 2050. The number of rotatable bonds is 15. The van der Waals surface area contributed by atoms with E-state index in [1.807, 2.05) is 83.6 Å². The molecule has 11 nitrogen and oxygen atoms in total. The van der Waals surface area contributed by atoms with Crippen LogP contribution >= 0.6 is 0 Å². The summed E-state index contributed by atoms with van der Waals surface area (Å²) in [5, 5.41) is 4.28. The van der Waals surface area contributed by atoms with Crippen LogP contribution in [0, 0.1) is 11.6 Å². The monoisotopic (exact) mass is 759 g/mol. The number of hydrogen-bond acceptors (Lipinski definition) is 9. The second-order valence-electron chi connectivity index (χ2n) is 14.3. The van der Waals surface area contributed by atoms with Crippen LogP contribution in [-0.4, -0.2) is 112 Å². The van der Waals surface area contributed by atoms with E-state index in [-0.39, 0.29) is 23.8 Å². The molecule has 0 N–H and O–H groups in total. The summed E-state index contributed by atoms with van der Waals surface area (Å²) in [5.74, 6) is 1.17. The molecule has 56 heavy (non-hydrogen) atoms. The number of benzene rings is 4. The minimum Gasteiger partial charge on any atom is -0.494 e. The van der Waals surface area contributed by atoms with Crippen LogP contribution < -0.4 is 19.3 Å². The Hall–Kier alpha value is -5.79. The first-order chi connectivity index (χ1) is 27.5. The maximum absolute atomic E-state index is 13.7. The van der Waals surface area contributed by atoms with Gasteiger partial charge >= 0.3 is 0 Å². The van der Waals surface area contributed by atoms with Crippen molar-refractivity contribution in [2.75, 3.05) is 75.3 Å². The third kappa shape index (κ3) is 9.35. The number of nitrogens with zero attached hydrogens (tertiary/aromatic N) is 9. The third-order valence-corrected chi connectivity index (χ3v) is 10.8. The van der Waals surface area contributed by atoms with E-state index in [9.17, 15) is 8.78 Å². The first kappa shape index (κ1) is 37.1. The van der Waals surface area contributed by atoms with Crippen molar-refractivity contribution in [2.45, 2.75) is 25.0 Å². The molecular weight excluding hydrogens is 713 g/mol. The minimum atomic E-state index is -0.227. The molecule has 290 valence electrons. The molecule has 4 aromatic carbocycles. The quantitative estimate of drug-likeness (QED) is 0.119. The molecule has 2 saturated heterocycles. The van der Waals surface area contributed by atoms with Gasteiger partial charge in [0.25, 0.3) is 0 Å². The van der Waals surface area contributed by atoms with E-state index in [2.05, 4.69) is 34.7 Å². The molecule has 2 atom stereocenters. The Morgan fingerprint density at radius 1 is 0.589 bits per heavy atom. The molecule has 0 amide bonds. The van der Waals surface area contributed by atoms with Gasteiger partial charge in [-0.2, -0.15) is 5.10 Å². The normalized spacial score (nSPS) is 16.5. The van der Waals surface area contributed by atoms with Gasteiger partial charge in [-0.1, -0.05) is 0 Å². The number of hydrogen-bond donors (Lipinski definition) is 0. The molecule has 0 saturated carbocycles. The van der Waals surface area contributed by atoms with E-state index in [1.165, 1.54) is 30.6 Å². The maximum Gasteiger partial charge on any atom is 0.138 e. The summed E-state index contributed by atoms with van der Waals surface area (Å²) in [7, 11) is 0. The molecule has 2 unspecified atom stereocenters. The Kier molecular flexibility index (Phi) is 11.8. The summed E-state index contributed by atoms with van der Waals surface area (Å²) in [6.07, 6.45) is 10.1. The number of piperazine rings is 2. The first-order valence-corrected chi connectivity index (χ1v) is 19.3. The zero-order valence-corrected chi connectivity index (χ0v) is 31.4. The minimum absolute atomic E-state index is 0.0612. The highest BCUT2D eigenvalue weighted by atomic mass is 19.1. The van der Waals surface area contributed by atoms with Gasteiger partial charge in [0.15, 0.2) is 0 Å². The molecule has 2 aliphatic heterocycles. The van der Waals surface area contributed by atoms with E-state index in [1.54, 1.807) is 23.5 Å². The Morgan fingerprint density at radius 3 is 1.77 bits per heavy atom. The second kappa shape index (κ2) is 17.8. The van der Waals surface area contributed by atoms with Crippen LogP contribution in [-0.2, 0) is 0 Å². The molecule has 2 aromatic heterocycles. The van der Waals surface area contributed by atoms with Crippen LogP contribution in [0.3, 0.4) is 0 Å². The Morgan fingerprint density at radius 2 is 1.18 bits per heavy atom. The molecule has 0 spiro atoms. The molecule has 2 aliphatic rings. The second-order valence-corrected chi connectivity index (χ2v) is 14.3. The van der Waals surface area contributed by atoms with Gasteiger partial charge in [-0.3, -0.25) is 9.80 Å². The number of imidazole rings is 1. The summed E-state index contributed by atoms with van der Waals surface area (Å²) in [6.45, 7) is 8.30. The fraction of sp³-hybridized carbons (Fsp3) is 0.326. The fourth-order valence-corrected chi connectivity index (χ4v) is 7.71. The topological polar surface area (TPSA) is 79.9 Å². The zero-order valence-electron chi connectivity index (χ0n) is 31.4. The van der Waals surface area contributed by atoms with Gasteiger partial charge in [-0.15, -0.1) is 0 Å². The van der Waals surface area contributed by atoms with Gasteiger partial charge in [0.1, 0.15) is 41.9 Å². The molecule has 2 fully saturated rings. The van der Waals surface area contributed by atoms with Crippen molar-refractivity contribution in [1.29, 1.82) is 0 Å². The summed E-state index contributed by atoms with van der Waals surface area (Å²) in [6, 6.07) is 29.7. The summed E-state index contributed by atoms with van der Waals surface area (Å²) in [5.41, 5.74) is 4.02. The average molecular weight is 760 g/mol. The number of halogens is 2. The van der Waals surface area contributed by atoms with Gasteiger partial charge in [-0.05, 0) is 103 Å². The van der Waals surface area contributed by atoms with Crippen LogP contribution in [0.15, 0.2) is 128 Å². The van der Waals surface area contributed by atoms with Gasteiger partial charge in [0, 0.05) is 101 Å². The molecular formula is C43H47F2N9O2. The lowest BCUT2D eigenvalue weighted by molar-refractivity contribution is 0.0371. The SMILES string of the molecule is Fc1ccc(N2CCN(CCC(Oc3ccc(-n4cncn4)cc3)C(CCOc3ccc(-n4ccnc4)cc3)N3CCN(c4ccc(F)cc4)CC3)CC2)cc1. The van der Waals surface area contributed by atoms with Gasteiger partial charge in [0.05, 0.1) is 18.6 Å². The standard InChI is InChI=1S/C43H47F2N9O2/c44-34-1-5-36(6-2-34)50-24-22-49(23-25-50)20-17-43(56-41-15-11-39(12-16-41)54-33-47-31-48-54)42(52-28-26-51(27-29-52)37-7-3-35(45)4-8-37)18-30-55-40-13-9-38(10-14-40)53-21-19-46-32-53/h1-16,19,21,31-33,42-43H,17-18,20,22-30H2. The highest BCUT2D eigenvalue weighted by molar-refractivity contribution is 5.47. The molecule has 13 heteroatoms. The largest absolute Gasteiger partial charge is 0.494 e. The van der Waals surface area contributed by atoms with Crippen LogP contribution in [0.4, 0.5) is 20.2 Å². The van der Waals surface area contributed by atoms with Crippen molar-refractivity contribution in [3.8, 4) is 22.9 Å².